The van der Waals surface area contributed by atoms with Crippen LogP contribution in [-0.4, -0.2) is 63.8 Å². The van der Waals surface area contributed by atoms with Crippen molar-refractivity contribution in [3.05, 3.63) is 60.4 Å². The van der Waals surface area contributed by atoms with Crippen LogP contribution < -0.4 is 10.6 Å². The monoisotopic (exact) mass is 418 g/mol. The van der Waals surface area contributed by atoms with E-state index < -0.39 is 26.9 Å². The molecule has 2 N–H and O–H groups in total. The van der Waals surface area contributed by atoms with Crippen molar-refractivity contribution in [2.45, 2.75) is 16.6 Å². The molecule has 0 unspecified atom stereocenters. The van der Waals surface area contributed by atoms with E-state index in [1.165, 1.54) is 24.5 Å². The first-order valence-corrected chi connectivity index (χ1v) is 10.8. The minimum Gasteiger partial charge on any atom is -0.348 e. The fraction of sp³-hybridized carbons (Fsp3) is 0.350. The van der Waals surface area contributed by atoms with Crippen LogP contribution in [-0.2, 0) is 19.4 Å². The van der Waals surface area contributed by atoms with Crippen LogP contribution in [0, 0.1) is 0 Å². The van der Waals surface area contributed by atoms with Gasteiger partial charge >= 0.3 is 11.8 Å². The van der Waals surface area contributed by atoms with E-state index in [0.717, 1.165) is 6.54 Å². The number of sulfone groups is 1. The summed E-state index contributed by atoms with van der Waals surface area (Å²) in [6.45, 7) is 0.895. The van der Waals surface area contributed by atoms with Gasteiger partial charge in [0.2, 0.25) is 0 Å². The summed E-state index contributed by atoms with van der Waals surface area (Å²) >= 11 is 0. The molecule has 156 valence electrons. The van der Waals surface area contributed by atoms with E-state index >= 15 is 0 Å². The number of hydrogen-bond donors (Lipinski definition) is 2. The Morgan fingerprint density at radius 2 is 1.72 bits per heavy atom. The van der Waals surface area contributed by atoms with Crippen molar-refractivity contribution in [3.63, 3.8) is 0 Å². The number of amides is 2. The Labute approximate surface area is 171 Å². The Kier molecular flexibility index (Phi) is 8.29. The average molecular weight is 419 g/mol. The molecule has 0 spiro atoms. The Balaban J connectivity index is 2.08. The van der Waals surface area contributed by atoms with Crippen molar-refractivity contribution in [2.24, 2.45) is 0 Å². The van der Waals surface area contributed by atoms with Gasteiger partial charge in [0.15, 0.2) is 9.84 Å². The number of rotatable bonds is 9. The molecule has 8 nitrogen and oxygen atoms in total. The molecule has 0 aliphatic heterocycles. The van der Waals surface area contributed by atoms with E-state index in [2.05, 4.69) is 15.6 Å². The molecule has 2 amide bonds. The fourth-order valence-electron chi connectivity index (χ4n) is 2.69. The van der Waals surface area contributed by atoms with Crippen molar-refractivity contribution < 1.29 is 18.0 Å². The molecule has 0 saturated carbocycles. The minimum atomic E-state index is -3.80. The van der Waals surface area contributed by atoms with Gasteiger partial charge in [-0.1, -0.05) is 24.3 Å². The molecule has 29 heavy (non-hydrogen) atoms. The van der Waals surface area contributed by atoms with Crippen molar-refractivity contribution in [3.8, 4) is 0 Å². The van der Waals surface area contributed by atoms with Crippen LogP contribution in [0.15, 0.2) is 59.8 Å². The minimum absolute atomic E-state index is 0.135. The second kappa shape index (κ2) is 10.7. The molecular formula is C20H26N4O4S. The van der Waals surface area contributed by atoms with Crippen molar-refractivity contribution in [1.82, 2.24) is 20.5 Å². The van der Waals surface area contributed by atoms with Crippen molar-refractivity contribution >= 4 is 21.7 Å². The zero-order valence-corrected chi connectivity index (χ0v) is 17.4. The Morgan fingerprint density at radius 1 is 1.03 bits per heavy atom. The first-order valence-electron chi connectivity index (χ1n) is 9.22. The van der Waals surface area contributed by atoms with E-state index in [-0.39, 0.29) is 11.4 Å². The van der Waals surface area contributed by atoms with Gasteiger partial charge in [-0.3, -0.25) is 14.6 Å². The topological polar surface area (TPSA) is 108 Å². The van der Waals surface area contributed by atoms with Gasteiger partial charge in [0, 0.05) is 25.5 Å². The summed E-state index contributed by atoms with van der Waals surface area (Å²) in [5.41, 5.74) is 0.433. The molecule has 0 aliphatic rings. The molecule has 1 aromatic carbocycles. The second-order valence-corrected chi connectivity index (χ2v) is 8.89. The Bertz CT molecular complexity index is 903. The van der Waals surface area contributed by atoms with Gasteiger partial charge < -0.3 is 15.5 Å². The van der Waals surface area contributed by atoms with Crippen LogP contribution >= 0.6 is 0 Å². The summed E-state index contributed by atoms with van der Waals surface area (Å²) < 4.78 is 26.2. The summed E-state index contributed by atoms with van der Waals surface area (Å²) in [5, 5.41) is 3.90. The Morgan fingerprint density at radius 3 is 2.34 bits per heavy atom. The lowest BCUT2D eigenvalue weighted by Crippen LogP contribution is -2.42. The van der Waals surface area contributed by atoms with Crippen LogP contribution in [0.3, 0.4) is 0 Å². The molecule has 0 fully saturated rings. The van der Waals surface area contributed by atoms with E-state index in [1.807, 2.05) is 19.0 Å². The van der Waals surface area contributed by atoms with Gasteiger partial charge in [-0.15, -0.1) is 0 Å². The van der Waals surface area contributed by atoms with Gasteiger partial charge in [0.1, 0.15) is 5.25 Å². The number of carbonyl (C=O) groups is 2. The molecule has 0 saturated heterocycles. The van der Waals surface area contributed by atoms with E-state index in [0.29, 0.717) is 18.5 Å². The lowest BCUT2D eigenvalue weighted by Gasteiger charge is -2.18. The highest BCUT2D eigenvalue weighted by molar-refractivity contribution is 7.91. The zero-order chi connectivity index (χ0) is 21.3. The van der Waals surface area contributed by atoms with Crippen LogP contribution in [0.5, 0.6) is 0 Å². The normalized spacial score (nSPS) is 12.4. The largest absolute Gasteiger partial charge is 0.348 e. The molecule has 1 heterocycles. The molecular weight excluding hydrogens is 392 g/mol. The smallest absolute Gasteiger partial charge is 0.309 e. The summed E-state index contributed by atoms with van der Waals surface area (Å²) in [5.74, 6) is -1.65. The first kappa shape index (κ1) is 22.5. The lowest BCUT2D eigenvalue weighted by molar-refractivity contribution is -0.139. The van der Waals surface area contributed by atoms with Gasteiger partial charge in [-0.2, -0.15) is 0 Å². The highest BCUT2D eigenvalue weighted by Gasteiger charge is 2.30. The van der Waals surface area contributed by atoms with Gasteiger partial charge in [0.25, 0.3) is 0 Å². The number of hydrogen-bond acceptors (Lipinski definition) is 6. The fourth-order valence-corrected chi connectivity index (χ4v) is 4.36. The van der Waals surface area contributed by atoms with E-state index in [1.54, 1.807) is 30.3 Å². The van der Waals surface area contributed by atoms with Crippen molar-refractivity contribution in [2.75, 3.05) is 33.7 Å². The zero-order valence-electron chi connectivity index (χ0n) is 16.5. The standard InChI is InChI=1S/C20H26N4O4S/c1-24(2)13-7-12-22-19(25)20(26)23-15-18(16-8-6-11-21-14-16)29(27,28)17-9-4-3-5-10-17/h3-6,8-11,14,18H,7,12-13,15H2,1-2H3,(H,22,25)(H,23,26)/t18-/m1/s1. The summed E-state index contributed by atoms with van der Waals surface area (Å²) in [7, 11) is 0.0360. The molecule has 0 radical (unpaired) electrons. The molecule has 0 bridgehead atoms. The number of nitrogens with one attached hydrogen (secondary N) is 2. The third-order valence-corrected chi connectivity index (χ3v) is 6.34. The van der Waals surface area contributed by atoms with Gasteiger partial charge in [0.05, 0.1) is 4.90 Å². The maximum atomic E-state index is 13.1. The maximum absolute atomic E-state index is 13.1. The number of carbonyl (C=O) groups excluding carboxylic acids is 2. The SMILES string of the molecule is CN(C)CCCNC(=O)C(=O)NC[C@H](c1cccnc1)S(=O)(=O)c1ccccc1. The Hall–Kier alpha value is -2.78. The number of pyridine rings is 1. The molecule has 1 aromatic heterocycles. The van der Waals surface area contributed by atoms with Crippen molar-refractivity contribution in [1.29, 1.82) is 0 Å². The third kappa shape index (κ3) is 6.65. The average Bonchev–Trinajstić information content (AvgIpc) is 2.72. The van der Waals surface area contributed by atoms with Crippen LogP contribution in [0.1, 0.15) is 17.2 Å². The summed E-state index contributed by atoms with van der Waals surface area (Å²) in [6, 6.07) is 11.2. The van der Waals surface area contributed by atoms with Crippen LogP contribution in [0.4, 0.5) is 0 Å². The van der Waals surface area contributed by atoms with Gasteiger partial charge in [-0.25, -0.2) is 8.42 Å². The highest BCUT2D eigenvalue weighted by Crippen LogP contribution is 2.27. The molecule has 9 heteroatoms. The van der Waals surface area contributed by atoms with E-state index in [4.69, 9.17) is 0 Å². The predicted octanol–water partition coefficient (Wildman–Crippen LogP) is 0.781. The second-order valence-electron chi connectivity index (χ2n) is 6.76. The molecule has 2 rings (SSSR count). The summed E-state index contributed by atoms with van der Waals surface area (Å²) in [4.78, 5) is 30.2. The number of benzene rings is 1. The molecule has 2 aromatic rings. The van der Waals surface area contributed by atoms with Crippen LogP contribution in [0.25, 0.3) is 0 Å². The maximum Gasteiger partial charge on any atom is 0.309 e. The number of nitrogens with zero attached hydrogens (tertiary/aromatic N) is 2. The first-order chi connectivity index (χ1) is 13.8. The van der Waals surface area contributed by atoms with E-state index in [9.17, 15) is 18.0 Å². The third-order valence-electron chi connectivity index (χ3n) is 4.22. The quantitative estimate of drug-likeness (QED) is 0.460. The molecule has 0 aliphatic carbocycles. The predicted molar refractivity (Wildman–Crippen MR) is 110 cm³/mol. The van der Waals surface area contributed by atoms with Crippen LogP contribution in [0.2, 0.25) is 0 Å². The lowest BCUT2D eigenvalue weighted by atomic mass is 10.2. The number of aromatic nitrogens is 1. The highest BCUT2D eigenvalue weighted by atomic mass is 32.2. The summed E-state index contributed by atoms with van der Waals surface area (Å²) in [6.07, 6.45) is 3.68. The molecule has 1 atom stereocenters. The van der Waals surface area contributed by atoms with Gasteiger partial charge in [-0.05, 0) is 50.8 Å².